The van der Waals surface area contributed by atoms with Crippen LogP contribution < -0.4 is 14.9 Å². The molecule has 0 unspecified atom stereocenters. The van der Waals surface area contributed by atoms with Gasteiger partial charge in [-0.25, -0.2) is 26.9 Å². The van der Waals surface area contributed by atoms with Crippen molar-refractivity contribution in [3.8, 4) is 10.8 Å². The molecule has 2 fully saturated rings. The van der Waals surface area contributed by atoms with E-state index in [1.807, 2.05) is 18.7 Å². The molecule has 1 aliphatic heterocycles. The average molecular weight is 542 g/mol. The number of rotatable bonds is 7. The Balaban J connectivity index is 1.66. The number of hydrogen-bond donors (Lipinski definition) is 2. The summed E-state index contributed by atoms with van der Waals surface area (Å²) >= 11 is 0.689. The van der Waals surface area contributed by atoms with Gasteiger partial charge in [0, 0.05) is 24.8 Å². The molecule has 0 spiro atoms. The van der Waals surface area contributed by atoms with Gasteiger partial charge in [-0.1, -0.05) is 11.3 Å². The molecule has 1 saturated heterocycles. The number of sulfonamides is 1. The molecule has 4 heterocycles. The number of alkyl halides is 2. The maximum absolute atomic E-state index is 13.4. The van der Waals surface area contributed by atoms with Crippen molar-refractivity contribution in [2.45, 2.75) is 55.7 Å². The van der Waals surface area contributed by atoms with E-state index in [1.54, 1.807) is 6.07 Å². The standard InChI is InChI=1S/C21H25F2N7O4S2/c1-11-10-34-15(18(31)24-3)9-29(11)13-6-12(36(32,33)28-21(2)4-5-21)8-30-14(13)7-25-17(30)20-27-26-19(35-20)16(22)23/h6-8,11,15-16,28H,4-5,9-10H2,1-3H3,(H,24,31)/t11-,15+/m0/s1. The molecule has 194 valence electrons. The Kier molecular flexibility index (Phi) is 6.21. The normalized spacial score (nSPS) is 21.8. The summed E-state index contributed by atoms with van der Waals surface area (Å²) in [6.07, 6.45) is 0.847. The van der Waals surface area contributed by atoms with Crippen molar-refractivity contribution in [3.05, 3.63) is 23.5 Å². The first-order valence-electron chi connectivity index (χ1n) is 11.3. The zero-order valence-corrected chi connectivity index (χ0v) is 21.4. The Morgan fingerprint density at radius 1 is 1.33 bits per heavy atom. The number of aromatic nitrogens is 4. The van der Waals surface area contributed by atoms with Crippen molar-refractivity contribution < 1.29 is 26.7 Å². The molecule has 1 amide bonds. The van der Waals surface area contributed by atoms with Crippen LogP contribution in [0.1, 0.15) is 38.1 Å². The number of nitrogens with one attached hydrogen (secondary N) is 2. The third-order valence-corrected chi connectivity index (χ3v) is 8.92. The Labute approximate surface area is 209 Å². The molecule has 3 aromatic heterocycles. The molecule has 1 saturated carbocycles. The van der Waals surface area contributed by atoms with Gasteiger partial charge in [-0.2, -0.15) is 0 Å². The van der Waals surface area contributed by atoms with E-state index < -0.39 is 33.1 Å². The molecule has 11 nitrogen and oxygen atoms in total. The minimum absolute atomic E-state index is 0.0221. The van der Waals surface area contributed by atoms with E-state index >= 15 is 0 Å². The van der Waals surface area contributed by atoms with E-state index in [4.69, 9.17) is 4.74 Å². The zero-order chi connectivity index (χ0) is 25.8. The number of imidazole rings is 1. The minimum atomic E-state index is -3.93. The number of likely N-dealkylation sites (N-methyl/N-ethyl adjacent to an activating group) is 1. The second-order valence-electron chi connectivity index (χ2n) is 9.25. The number of carbonyl (C=O) groups is 1. The van der Waals surface area contributed by atoms with Gasteiger partial charge < -0.3 is 15.0 Å². The molecular formula is C21H25F2N7O4S2. The number of hydrogen-bond acceptors (Lipinski definition) is 9. The maximum atomic E-state index is 13.4. The molecule has 2 atom stereocenters. The summed E-state index contributed by atoms with van der Waals surface area (Å²) in [7, 11) is -2.42. The molecular weight excluding hydrogens is 516 g/mol. The van der Waals surface area contributed by atoms with E-state index in [-0.39, 0.29) is 40.8 Å². The largest absolute Gasteiger partial charge is 0.364 e. The minimum Gasteiger partial charge on any atom is -0.364 e. The van der Waals surface area contributed by atoms with Gasteiger partial charge in [0.15, 0.2) is 21.9 Å². The first kappa shape index (κ1) is 24.9. The number of halogens is 2. The number of ether oxygens (including phenoxy) is 1. The summed E-state index contributed by atoms with van der Waals surface area (Å²) in [6, 6.07) is 1.36. The van der Waals surface area contributed by atoms with Gasteiger partial charge in [-0.05, 0) is 32.8 Å². The Morgan fingerprint density at radius 3 is 2.72 bits per heavy atom. The highest BCUT2D eigenvalue weighted by Crippen LogP contribution is 2.38. The molecule has 0 aromatic carbocycles. The van der Waals surface area contributed by atoms with Crippen molar-refractivity contribution in [2.75, 3.05) is 25.1 Å². The second kappa shape index (κ2) is 8.97. The number of anilines is 1. The second-order valence-corrected chi connectivity index (χ2v) is 11.9. The van der Waals surface area contributed by atoms with Gasteiger partial charge in [0.1, 0.15) is 4.90 Å². The van der Waals surface area contributed by atoms with Gasteiger partial charge in [-0.15, -0.1) is 10.2 Å². The summed E-state index contributed by atoms with van der Waals surface area (Å²) in [5.74, 6) is -0.105. The molecule has 2 N–H and O–H groups in total. The fourth-order valence-electron chi connectivity index (χ4n) is 4.09. The molecule has 36 heavy (non-hydrogen) atoms. The smallest absolute Gasteiger partial charge is 0.291 e. The van der Waals surface area contributed by atoms with Crippen LogP contribution in [0.4, 0.5) is 14.5 Å². The number of morpholine rings is 1. The Bertz CT molecular complexity index is 1420. The summed E-state index contributed by atoms with van der Waals surface area (Å²) < 4.78 is 62.9. The summed E-state index contributed by atoms with van der Waals surface area (Å²) in [5.41, 5.74) is 0.536. The number of fused-ring (bicyclic) bond motifs is 1. The first-order chi connectivity index (χ1) is 17.0. The van der Waals surface area contributed by atoms with Crippen molar-refractivity contribution in [1.82, 2.24) is 29.6 Å². The van der Waals surface area contributed by atoms with Crippen LogP contribution in [0.3, 0.4) is 0 Å². The summed E-state index contributed by atoms with van der Waals surface area (Å²) in [5, 5.41) is 9.63. The maximum Gasteiger partial charge on any atom is 0.291 e. The Hall–Kier alpha value is -2.75. The highest BCUT2D eigenvalue weighted by Gasteiger charge is 2.42. The predicted molar refractivity (Wildman–Crippen MR) is 128 cm³/mol. The lowest BCUT2D eigenvalue weighted by atomic mass is 10.1. The van der Waals surface area contributed by atoms with E-state index in [2.05, 4.69) is 25.2 Å². The molecule has 3 aromatic rings. The molecule has 15 heteroatoms. The number of carbonyl (C=O) groups excluding carboxylic acids is 1. The third-order valence-electron chi connectivity index (χ3n) is 6.39. The van der Waals surface area contributed by atoms with Gasteiger partial charge in [-0.3, -0.25) is 9.20 Å². The van der Waals surface area contributed by atoms with E-state index in [1.165, 1.54) is 23.8 Å². The number of nitrogens with zero attached hydrogens (tertiary/aromatic N) is 5. The van der Waals surface area contributed by atoms with Crippen LogP contribution in [0.25, 0.3) is 16.3 Å². The van der Waals surface area contributed by atoms with Crippen LogP contribution in [-0.4, -0.2) is 71.8 Å². The molecule has 0 bridgehead atoms. The van der Waals surface area contributed by atoms with Crippen LogP contribution in [0.5, 0.6) is 0 Å². The average Bonchev–Trinajstić information content (AvgIpc) is 3.22. The van der Waals surface area contributed by atoms with Crippen molar-refractivity contribution in [1.29, 1.82) is 0 Å². The van der Waals surface area contributed by atoms with E-state index in [0.29, 0.717) is 22.5 Å². The SMILES string of the molecule is CNC(=O)[C@H]1CN(c2cc(S(=O)(=O)NC3(C)CC3)cn3c(-c4nnc(C(F)F)s4)ncc23)[C@@H](C)CO1. The topological polar surface area (TPSA) is 131 Å². The van der Waals surface area contributed by atoms with Crippen LogP contribution in [0.15, 0.2) is 23.4 Å². The highest BCUT2D eigenvalue weighted by atomic mass is 32.2. The van der Waals surface area contributed by atoms with Crippen molar-refractivity contribution >= 4 is 38.5 Å². The zero-order valence-electron chi connectivity index (χ0n) is 19.7. The van der Waals surface area contributed by atoms with Gasteiger partial charge in [0.05, 0.1) is 30.6 Å². The lowest BCUT2D eigenvalue weighted by Crippen LogP contribution is -2.53. The van der Waals surface area contributed by atoms with Crippen molar-refractivity contribution in [3.63, 3.8) is 0 Å². The Morgan fingerprint density at radius 2 is 2.08 bits per heavy atom. The first-order valence-corrected chi connectivity index (χ1v) is 13.6. The van der Waals surface area contributed by atoms with Gasteiger partial charge in [0.25, 0.3) is 12.3 Å². The van der Waals surface area contributed by atoms with Crippen LogP contribution in [0.2, 0.25) is 0 Å². The molecule has 0 radical (unpaired) electrons. The lowest BCUT2D eigenvalue weighted by molar-refractivity contribution is -0.133. The van der Waals surface area contributed by atoms with E-state index in [0.717, 1.165) is 12.8 Å². The van der Waals surface area contributed by atoms with Crippen LogP contribution >= 0.6 is 11.3 Å². The molecule has 1 aliphatic carbocycles. The monoisotopic (exact) mass is 541 g/mol. The summed E-state index contributed by atoms with van der Waals surface area (Å²) in [4.78, 5) is 18.5. The summed E-state index contributed by atoms with van der Waals surface area (Å²) in [6.45, 7) is 4.16. The van der Waals surface area contributed by atoms with Gasteiger partial charge >= 0.3 is 0 Å². The highest BCUT2D eigenvalue weighted by molar-refractivity contribution is 7.89. The van der Waals surface area contributed by atoms with Crippen LogP contribution in [0, 0.1) is 0 Å². The fraction of sp³-hybridized carbons (Fsp3) is 0.524. The molecule has 5 rings (SSSR count). The van der Waals surface area contributed by atoms with Gasteiger partial charge in [0.2, 0.25) is 10.0 Å². The van der Waals surface area contributed by atoms with E-state index in [9.17, 15) is 22.0 Å². The van der Waals surface area contributed by atoms with Crippen LogP contribution in [-0.2, 0) is 19.6 Å². The third kappa shape index (κ3) is 4.55. The fourth-order valence-corrected chi connectivity index (χ4v) is 6.26. The predicted octanol–water partition coefficient (Wildman–Crippen LogP) is 1.96. The van der Waals surface area contributed by atoms with Crippen molar-refractivity contribution in [2.24, 2.45) is 0 Å². The number of pyridine rings is 1. The molecule has 2 aliphatic rings. The quantitative estimate of drug-likeness (QED) is 0.464. The lowest BCUT2D eigenvalue weighted by Gasteiger charge is -2.39. The number of amides is 1.